The Labute approximate surface area is 138 Å². The van der Waals surface area contributed by atoms with E-state index in [1.54, 1.807) is 0 Å². The highest BCUT2D eigenvalue weighted by Crippen LogP contribution is 2.45. The van der Waals surface area contributed by atoms with E-state index >= 15 is 0 Å². The second kappa shape index (κ2) is 5.90. The Morgan fingerprint density at radius 2 is 2.09 bits per heavy atom. The molecule has 1 heterocycles. The molecule has 4 nitrogen and oxygen atoms in total. The van der Waals surface area contributed by atoms with Gasteiger partial charge in [0.1, 0.15) is 0 Å². The number of esters is 1. The SMILES string of the molecule is CCOC(=O)c1c(C2CCC2)nc2c(c1C)C(O)CC(C)(C)C2. The Morgan fingerprint density at radius 1 is 1.39 bits per heavy atom. The highest BCUT2D eigenvalue weighted by Gasteiger charge is 2.37. The third-order valence-corrected chi connectivity index (χ3v) is 5.30. The standard InChI is InChI=1S/C19H27NO3/c1-5-23-18(22)16-11(2)15-13(9-19(3,4)10-14(15)21)20-17(16)12-7-6-8-12/h12,14,21H,5-10H2,1-4H3. The summed E-state index contributed by atoms with van der Waals surface area (Å²) in [7, 11) is 0. The van der Waals surface area contributed by atoms with Gasteiger partial charge < -0.3 is 9.84 Å². The molecule has 2 aliphatic carbocycles. The molecule has 1 aromatic rings. The highest BCUT2D eigenvalue weighted by molar-refractivity contribution is 5.93. The van der Waals surface area contributed by atoms with E-state index in [0.29, 0.717) is 24.5 Å². The maximum atomic E-state index is 12.5. The summed E-state index contributed by atoms with van der Waals surface area (Å²) in [6.07, 6.45) is 4.37. The van der Waals surface area contributed by atoms with Crippen LogP contribution in [0.3, 0.4) is 0 Å². The number of carbonyl (C=O) groups excluding carboxylic acids is 1. The van der Waals surface area contributed by atoms with Gasteiger partial charge in [-0.2, -0.15) is 0 Å². The first kappa shape index (κ1) is 16.4. The maximum absolute atomic E-state index is 12.5. The molecule has 0 aromatic carbocycles. The highest BCUT2D eigenvalue weighted by atomic mass is 16.5. The van der Waals surface area contributed by atoms with Crippen LogP contribution in [0.2, 0.25) is 0 Å². The van der Waals surface area contributed by atoms with E-state index < -0.39 is 6.10 Å². The second-order valence-electron chi connectivity index (χ2n) is 7.77. The summed E-state index contributed by atoms with van der Waals surface area (Å²) >= 11 is 0. The average Bonchev–Trinajstić information content (AvgIpc) is 2.34. The van der Waals surface area contributed by atoms with Crippen molar-refractivity contribution in [3.63, 3.8) is 0 Å². The van der Waals surface area contributed by atoms with Crippen LogP contribution in [0.5, 0.6) is 0 Å². The molecule has 23 heavy (non-hydrogen) atoms. The number of rotatable bonds is 3. The molecule has 1 N–H and O–H groups in total. The van der Waals surface area contributed by atoms with Crippen molar-refractivity contribution in [1.29, 1.82) is 0 Å². The molecular weight excluding hydrogens is 290 g/mol. The Kier molecular flexibility index (Phi) is 4.21. The van der Waals surface area contributed by atoms with Gasteiger partial charge in [0.15, 0.2) is 0 Å². The van der Waals surface area contributed by atoms with E-state index in [9.17, 15) is 9.90 Å². The van der Waals surface area contributed by atoms with E-state index in [2.05, 4.69) is 13.8 Å². The zero-order valence-corrected chi connectivity index (χ0v) is 14.6. The van der Waals surface area contributed by atoms with Crippen molar-refractivity contribution >= 4 is 5.97 Å². The third kappa shape index (κ3) is 2.89. The van der Waals surface area contributed by atoms with Gasteiger partial charge in [-0.3, -0.25) is 4.98 Å². The van der Waals surface area contributed by atoms with Crippen molar-refractivity contribution in [3.05, 3.63) is 28.1 Å². The van der Waals surface area contributed by atoms with Crippen molar-refractivity contribution < 1.29 is 14.6 Å². The first-order chi connectivity index (χ1) is 10.8. The third-order valence-electron chi connectivity index (χ3n) is 5.30. The van der Waals surface area contributed by atoms with Crippen LogP contribution in [-0.2, 0) is 11.2 Å². The van der Waals surface area contributed by atoms with Gasteiger partial charge in [-0.1, -0.05) is 20.3 Å². The predicted molar refractivity (Wildman–Crippen MR) is 88.6 cm³/mol. The van der Waals surface area contributed by atoms with Crippen molar-refractivity contribution in [2.75, 3.05) is 6.61 Å². The second-order valence-corrected chi connectivity index (χ2v) is 7.77. The molecule has 1 atom stereocenters. The monoisotopic (exact) mass is 317 g/mol. The van der Waals surface area contributed by atoms with E-state index in [1.165, 1.54) is 6.42 Å². The van der Waals surface area contributed by atoms with Gasteiger partial charge in [0, 0.05) is 17.2 Å². The Morgan fingerprint density at radius 3 is 2.65 bits per heavy atom. The number of ether oxygens (including phenoxy) is 1. The number of aliphatic hydroxyl groups excluding tert-OH is 1. The molecule has 2 aliphatic rings. The summed E-state index contributed by atoms with van der Waals surface area (Å²) in [5, 5.41) is 10.6. The van der Waals surface area contributed by atoms with Crippen LogP contribution in [0.4, 0.5) is 0 Å². The Bertz CT molecular complexity index is 632. The molecule has 4 heteroatoms. The van der Waals surface area contributed by atoms with Gasteiger partial charge in [-0.15, -0.1) is 0 Å². The zero-order chi connectivity index (χ0) is 16.8. The fourth-order valence-electron chi connectivity index (χ4n) is 3.97. The number of aromatic nitrogens is 1. The maximum Gasteiger partial charge on any atom is 0.340 e. The van der Waals surface area contributed by atoms with Crippen LogP contribution in [0.25, 0.3) is 0 Å². The number of fused-ring (bicyclic) bond motifs is 1. The first-order valence-electron chi connectivity index (χ1n) is 8.72. The molecule has 126 valence electrons. The fraction of sp³-hybridized carbons (Fsp3) is 0.684. The van der Waals surface area contributed by atoms with Crippen molar-refractivity contribution in [2.45, 2.75) is 71.8 Å². The van der Waals surface area contributed by atoms with Crippen molar-refractivity contribution in [1.82, 2.24) is 4.98 Å². The average molecular weight is 317 g/mol. The topological polar surface area (TPSA) is 59.4 Å². The van der Waals surface area contributed by atoms with Crippen molar-refractivity contribution in [3.8, 4) is 0 Å². The minimum atomic E-state index is -0.551. The predicted octanol–water partition coefficient (Wildman–Crippen LogP) is 3.84. The van der Waals surface area contributed by atoms with Gasteiger partial charge >= 0.3 is 5.97 Å². The largest absolute Gasteiger partial charge is 0.462 e. The number of pyridine rings is 1. The molecule has 0 bridgehead atoms. The van der Waals surface area contributed by atoms with Gasteiger partial charge in [0.2, 0.25) is 0 Å². The molecule has 1 aromatic heterocycles. The smallest absolute Gasteiger partial charge is 0.340 e. The van der Waals surface area contributed by atoms with E-state index in [-0.39, 0.29) is 11.4 Å². The molecule has 1 saturated carbocycles. The molecule has 0 aliphatic heterocycles. The van der Waals surface area contributed by atoms with E-state index in [4.69, 9.17) is 9.72 Å². The number of nitrogens with zero attached hydrogens (tertiary/aromatic N) is 1. The Hall–Kier alpha value is -1.42. The summed E-state index contributed by atoms with van der Waals surface area (Å²) in [6, 6.07) is 0. The quantitative estimate of drug-likeness (QED) is 0.861. The molecule has 0 saturated heterocycles. The van der Waals surface area contributed by atoms with Crippen LogP contribution in [-0.4, -0.2) is 22.7 Å². The minimum Gasteiger partial charge on any atom is -0.462 e. The minimum absolute atomic E-state index is 0.0359. The summed E-state index contributed by atoms with van der Waals surface area (Å²) in [4.78, 5) is 17.4. The van der Waals surface area contributed by atoms with Crippen LogP contribution in [0, 0.1) is 12.3 Å². The van der Waals surface area contributed by atoms with Crippen LogP contribution < -0.4 is 0 Å². The van der Waals surface area contributed by atoms with Gasteiger partial charge in [0.05, 0.1) is 24.0 Å². The van der Waals surface area contributed by atoms with E-state index in [1.807, 2.05) is 13.8 Å². The van der Waals surface area contributed by atoms with Gasteiger partial charge in [0.25, 0.3) is 0 Å². The lowest BCUT2D eigenvalue weighted by Crippen LogP contribution is -2.30. The summed E-state index contributed by atoms with van der Waals surface area (Å²) in [5.41, 5.74) is 4.24. The summed E-state index contributed by atoms with van der Waals surface area (Å²) in [6.45, 7) is 8.45. The lowest BCUT2D eigenvalue weighted by atomic mass is 9.72. The molecule has 3 rings (SSSR count). The van der Waals surface area contributed by atoms with Crippen LogP contribution >= 0.6 is 0 Å². The molecular formula is C19H27NO3. The molecule has 1 fully saturated rings. The lowest BCUT2D eigenvalue weighted by Gasteiger charge is -2.37. The molecule has 1 unspecified atom stereocenters. The van der Waals surface area contributed by atoms with Crippen molar-refractivity contribution in [2.24, 2.45) is 5.41 Å². The molecule has 0 amide bonds. The number of hydrogen-bond donors (Lipinski definition) is 1. The van der Waals surface area contributed by atoms with Crippen LogP contribution in [0.1, 0.15) is 91.3 Å². The van der Waals surface area contributed by atoms with Gasteiger partial charge in [-0.25, -0.2) is 4.79 Å². The van der Waals surface area contributed by atoms with Gasteiger partial charge in [-0.05, 0) is 50.5 Å². The van der Waals surface area contributed by atoms with Crippen LogP contribution in [0.15, 0.2) is 0 Å². The molecule has 0 spiro atoms. The normalized spacial score (nSPS) is 23.1. The number of hydrogen-bond acceptors (Lipinski definition) is 4. The Balaban J connectivity index is 2.15. The zero-order valence-electron chi connectivity index (χ0n) is 14.6. The summed E-state index contributed by atoms with van der Waals surface area (Å²) in [5.74, 6) is 0.0693. The first-order valence-corrected chi connectivity index (χ1v) is 8.72. The fourth-order valence-corrected chi connectivity index (χ4v) is 3.97. The lowest BCUT2D eigenvalue weighted by molar-refractivity contribution is 0.0520. The molecule has 0 radical (unpaired) electrons. The van der Waals surface area contributed by atoms with E-state index in [0.717, 1.165) is 41.8 Å². The summed E-state index contributed by atoms with van der Waals surface area (Å²) < 4.78 is 5.27. The number of carbonyl (C=O) groups is 1. The number of aliphatic hydroxyl groups is 1.